The van der Waals surface area contributed by atoms with Gasteiger partial charge in [0, 0.05) is 11.7 Å². The van der Waals surface area contributed by atoms with Crippen molar-refractivity contribution in [3.05, 3.63) is 23.2 Å². The normalized spacial score (nSPS) is 24.8. The molecule has 1 aromatic carbocycles. The van der Waals surface area contributed by atoms with Gasteiger partial charge in [0.25, 0.3) is 0 Å². The zero-order valence-corrected chi connectivity index (χ0v) is 14.4. The monoisotopic (exact) mass is 336 g/mol. The molecule has 126 valence electrons. The van der Waals surface area contributed by atoms with Crippen LogP contribution in [0, 0.1) is 5.92 Å². The number of amides is 1. The number of ether oxygens (including phenoxy) is 1. The zero-order valence-electron chi connectivity index (χ0n) is 13.7. The summed E-state index contributed by atoms with van der Waals surface area (Å²) in [4.78, 5) is 14.8. The number of methoxy groups -OCH3 is 1. The lowest BCUT2D eigenvalue weighted by Gasteiger charge is -2.43. The summed E-state index contributed by atoms with van der Waals surface area (Å²) < 4.78 is 5.13. The highest BCUT2D eigenvalue weighted by Gasteiger charge is 2.33. The molecule has 1 aromatic rings. The fraction of sp³-hybridized carbons (Fsp3) is 0.611. The number of benzene rings is 1. The molecule has 5 heteroatoms. The van der Waals surface area contributed by atoms with Crippen LogP contribution in [-0.2, 0) is 4.79 Å². The maximum Gasteiger partial charge on any atom is 0.238 e. The Morgan fingerprint density at radius 1 is 1.30 bits per heavy atom. The minimum Gasteiger partial charge on any atom is -0.495 e. The standard InChI is InChI=1S/C18H25ClN2O2/c1-23-17-9-8-14(11-15(17)19)20-18(22)12-21-10-4-6-13-5-2-3-7-16(13)21/h8-9,11,13,16H,2-7,10,12H2,1H3,(H,20,22)/t13-,16-/m0/s1. The average molecular weight is 337 g/mol. The molecule has 0 aromatic heterocycles. The third-order valence-electron chi connectivity index (χ3n) is 5.14. The minimum absolute atomic E-state index is 0.0393. The number of halogens is 1. The molecule has 3 rings (SSSR count). The third kappa shape index (κ3) is 3.99. The van der Waals surface area contributed by atoms with Crippen LogP contribution in [0.3, 0.4) is 0 Å². The lowest BCUT2D eigenvalue weighted by Crippen LogP contribution is -2.49. The van der Waals surface area contributed by atoms with Crippen molar-refractivity contribution in [3.63, 3.8) is 0 Å². The van der Waals surface area contributed by atoms with E-state index in [1.54, 1.807) is 19.2 Å². The van der Waals surface area contributed by atoms with Gasteiger partial charge in [0.15, 0.2) is 0 Å². The predicted molar refractivity (Wildman–Crippen MR) is 93.2 cm³/mol. The van der Waals surface area contributed by atoms with Gasteiger partial charge in [-0.3, -0.25) is 9.69 Å². The Hall–Kier alpha value is -1.26. The van der Waals surface area contributed by atoms with Gasteiger partial charge in [-0.1, -0.05) is 24.4 Å². The number of likely N-dealkylation sites (tertiary alicyclic amines) is 1. The number of hydrogen-bond acceptors (Lipinski definition) is 3. The molecular weight excluding hydrogens is 312 g/mol. The lowest BCUT2D eigenvalue weighted by molar-refractivity contribution is -0.118. The second-order valence-electron chi connectivity index (χ2n) is 6.62. The first-order chi connectivity index (χ1) is 11.2. The molecular formula is C18H25ClN2O2. The molecule has 2 atom stereocenters. The maximum atomic E-state index is 12.4. The Morgan fingerprint density at radius 2 is 2.09 bits per heavy atom. The van der Waals surface area contributed by atoms with E-state index in [-0.39, 0.29) is 5.91 Å². The molecule has 0 bridgehead atoms. The van der Waals surface area contributed by atoms with Crippen LogP contribution in [0.15, 0.2) is 18.2 Å². The smallest absolute Gasteiger partial charge is 0.238 e. The number of anilines is 1. The molecule has 0 unspecified atom stereocenters. The van der Waals surface area contributed by atoms with E-state index in [2.05, 4.69) is 10.2 Å². The van der Waals surface area contributed by atoms with Crippen molar-refractivity contribution in [2.24, 2.45) is 5.92 Å². The van der Waals surface area contributed by atoms with Gasteiger partial charge in [0.2, 0.25) is 5.91 Å². The molecule has 2 aliphatic rings. The van der Waals surface area contributed by atoms with Gasteiger partial charge in [-0.25, -0.2) is 0 Å². The number of nitrogens with one attached hydrogen (secondary N) is 1. The molecule has 2 fully saturated rings. The topological polar surface area (TPSA) is 41.6 Å². The Kier molecular flexibility index (Phi) is 5.44. The molecule has 1 aliphatic heterocycles. The third-order valence-corrected chi connectivity index (χ3v) is 5.44. The quantitative estimate of drug-likeness (QED) is 0.905. The summed E-state index contributed by atoms with van der Waals surface area (Å²) in [5.74, 6) is 1.45. The summed E-state index contributed by atoms with van der Waals surface area (Å²) in [5, 5.41) is 3.47. The average Bonchev–Trinajstić information content (AvgIpc) is 2.55. The van der Waals surface area contributed by atoms with Crippen molar-refractivity contribution in [1.82, 2.24) is 4.90 Å². The van der Waals surface area contributed by atoms with Crippen LogP contribution < -0.4 is 10.1 Å². The van der Waals surface area contributed by atoms with Gasteiger partial charge < -0.3 is 10.1 Å². The summed E-state index contributed by atoms with van der Waals surface area (Å²) in [7, 11) is 1.58. The Morgan fingerprint density at radius 3 is 2.87 bits per heavy atom. The van der Waals surface area contributed by atoms with Gasteiger partial charge in [0.1, 0.15) is 5.75 Å². The Labute approximate surface area is 143 Å². The van der Waals surface area contributed by atoms with Gasteiger partial charge >= 0.3 is 0 Å². The van der Waals surface area contributed by atoms with Gasteiger partial charge in [-0.15, -0.1) is 0 Å². The molecule has 1 saturated heterocycles. The summed E-state index contributed by atoms with van der Waals surface area (Å²) in [6.45, 7) is 1.52. The number of fused-ring (bicyclic) bond motifs is 1. The zero-order chi connectivity index (χ0) is 16.2. The number of carbonyl (C=O) groups excluding carboxylic acids is 1. The number of piperidine rings is 1. The largest absolute Gasteiger partial charge is 0.495 e. The van der Waals surface area contributed by atoms with Crippen molar-refractivity contribution < 1.29 is 9.53 Å². The molecule has 1 heterocycles. The first-order valence-corrected chi connectivity index (χ1v) is 8.92. The van der Waals surface area contributed by atoms with E-state index in [1.165, 1.54) is 38.5 Å². The van der Waals surface area contributed by atoms with Crippen LogP contribution in [0.4, 0.5) is 5.69 Å². The second-order valence-corrected chi connectivity index (χ2v) is 7.03. The van der Waals surface area contributed by atoms with E-state index >= 15 is 0 Å². The first kappa shape index (κ1) is 16.6. The maximum absolute atomic E-state index is 12.4. The van der Waals surface area contributed by atoms with E-state index in [1.807, 2.05) is 6.07 Å². The van der Waals surface area contributed by atoms with Crippen LogP contribution in [0.25, 0.3) is 0 Å². The van der Waals surface area contributed by atoms with Gasteiger partial charge in [-0.2, -0.15) is 0 Å². The fourth-order valence-corrected chi connectivity index (χ4v) is 4.31. The first-order valence-electron chi connectivity index (χ1n) is 8.55. The molecule has 0 spiro atoms. The Bertz CT molecular complexity index is 562. The van der Waals surface area contributed by atoms with E-state index in [9.17, 15) is 4.79 Å². The number of rotatable bonds is 4. The van der Waals surface area contributed by atoms with E-state index in [4.69, 9.17) is 16.3 Å². The second kappa shape index (κ2) is 7.54. The highest BCUT2D eigenvalue weighted by atomic mass is 35.5. The summed E-state index contributed by atoms with van der Waals surface area (Å²) >= 11 is 6.11. The van der Waals surface area contributed by atoms with Gasteiger partial charge in [-0.05, 0) is 56.3 Å². The number of carbonyl (C=O) groups is 1. The van der Waals surface area contributed by atoms with Crippen LogP contribution in [0.2, 0.25) is 5.02 Å². The van der Waals surface area contributed by atoms with Crippen molar-refractivity contribution in [2.45, 2.75) is 44.6 Å². The van der Waals surface area contributed by atoms with E-state index < -0.39 is 0 Å². The van der Waals surface area contributed by atoms with Crippen LogP contribution in [0.1, 0.15) is 38.5 Å². The highest BCUT2D eigenvalue weighted by molar-refractivity contribution is 6.32. The van der Waals surface area contributed by atoms with Crippen molar-refractivity contribution >= 4 is 23.2 Å². The fourth-order valence-electron chi connectivity index (χ4n) is 4.05. The molecule has 0 radical (unpaired) electrons. The summed E-state index contributed by atoms with van der Waals surface area (Å²) in [6.07, 6.45) is 7.77. The summed E-state index contributed by atoms with van der Waals surface area (Å²) in [6, 6.07) is 5.93. The molecule has 1 saturated carbocycles. The minimum atomic E-state index is 0.0393. The SMILES string of the molecule is COc1ccc(NC(=O)CN2CCC[C@@H]3CCCC[C@@H]32)cc1Cl. The van der Waals surface area contributed by atoms with Crippen LogP contribution in [-0.4, -0.2) is 37.0 Å². The highest BCUT2D eigenvalue weighted by Crippen LogP contribution is 2.35. The lowest BCUT2D eigenvalue weighted by atomic mass is 9.78. The van der Waals surface area contributed by atoms with Crippen molar-refractivity contribution in [3.8, 4) is 5.75 Å². The number of nitrogens with zero attached hydrogens (tertiary/aromatic N) is 1. The van der Waals surface area contributed by atoms with Crippen LogP contribution in [0.5, 0.6) is 5.75 Å². The van der Waals surface area contributed by atoms with Gasteiger partial charge in [0.05, 0.1) is 18.7 Å². The van der Waals surface area contributed by atoms with Crippen LogP contribution >= 0.6 is 11.6 Å². The van der Waals surface area contributed by atoms with E-state index in [0.717, 1.165) is 18.2 Å². The van der Waals surface area contributed by atoms with Crippen molar-refractivity contribution in [2.75, 3.05) is 25.5 Å². The molecule has 1 amide bonds. The van der Waals surface area contributed by atoms with Crippen molar-refractivity contribution in [1.29, 1.82) is 0 Å². The Balaban J connectivity index is 1.59. The molecule has 4 nitrogen and oxygen atoms in total. The molecule has 1 aliphatic carbocycles. The van der Waals surface area contributed by atoms with E-state index in [0.29, 0.717) is 23.4 Å². The number of hydrogen-bond donors (Lipinski definition) is 1. The molecule has 1 N–H and O–H groups in total. The molecule has 23 heavy (non-hydrogen) atoms. The predicted octanol–water partition coefficient (Wildman–Crippen LogP) is 3.94. The summed E-state index contributed by atoms with van der Waals surface area (Å²) in [5.41, 5.74) is 0.720.